The molecule has 4 heterocycles. The zero-order valence-electron chi connectivity index (χ0n) is 19.4. The lowest BCUT2D eigenvalue weighted by Crippen LogP contribution is -2.54. The number of aryl methyl sites for hydroxylation is 2. The first-order valence-electron chi connectivity index (χ1n) is 11.2. The summed E-state index contributed by atoms with van der Waals surface area (Å²) in [7, 11) is 0. The second-order valence-corrected chi connectivity index (χ2v) is 9.04. The Balaban J connectivity index is 1.44. The number of benzene rings is 1. The van der Waals surface area contributed by atoms with Crippen LogP contribution in [-0.4, -0.2) is 81.5 Å². The van der Waals surface area contributed by atoms with Gasteiger partial charge in [-0.05, 0) is 32.2 Å². The molecule has 3 aromatic rings. The van der Waals surface area contributed by atoms with Gasteiger partial charge in [-0.1, -0.05) is 23.9 Å². The molecule has 0 bridgehead atoms. The third kappa shape index (κ3) is 4.09. The molecule has 2 aliphatic heterocycles. The van der Waals surface area contributed by atoms with E-state index in [0.29, 0.717) is 48.7 Å². The van der Waals surface area contributed by atoms with Gasteiger partial charge in [0.2, 0.25) is 11.1 Å². The van der Waals surface area contributed by atoms with Crippen LogP contribution in [0.3, 0.4) is 0 Å². The van der Waals surface area contributed by atoms with E-state index in [4.69, 9.17) is 9.47 Å². The van der Waals surface area contributed by atoms with Crippen molar-refractivity contribution in [1.82, 2.24) is 24.5 Å². The molecule has 0 saturated carbocycles. The SMILES string of the molecule is CSc1nc2nc(C)c(CC(=O)N3C[C@@H](C(=O)N4CCOCC4)Oc4ccccc43)c(C)n2n1. The van der Waals surface area contributed by atoms with Gasteiger partial charge >= 0.3 is 0 Å². The molecule has 0 N–H and O–H groups in total. The van der Waals surface area contributed by atoms with Crippen LogP contribution in [0, 0.1) is 13.8 Å². The van der Waals surface area contributed by atoms with Gasteiger partial charge < -0.3 is 19.3 Å². The van der Waals surface area contributed by atoms with E-state index in [-0.39, 0.29) is 24.8 Å². The summed E-state index contributed by atoms with van der Waals surface area (Å²) in [6.45, 7) is 6.00. The number of amides is 2. The summed E-state index contributed by atoms with van der Waals surface area (Å²) in [5, 5.41) is 5.11. The van der Waals surface area contributed by atoms with Crippen molar-refractivity contribution < 1.29 is 19.1 Å². The van der Waals surface area contributed by atoms with E-state index in [9.17, 15) is 9.59 Å². The Morgan fingerprint density at radius 1 is 1.15 bits per heavy atom. The van der Waals surface area contributed by atoms with Crippen LogP contribution in [0.2, 0.25) is 0 Å². The van der Waals surface area contributed by atoms with Gasteiger partial charge in [0.1, 0.15) is 5.75 Å². The van der Waals surface area contributed by atoms with Crippen LogP contribution in [0.25, 0.3) is 5.78 Å². The Bertz CT molecular complexity index is 1260. The Morgan fingerprint density at radius 3 is 2.68 bits per heavy atom. The summed E-state index contributed by atoms with van der Waals surface area (Å²) in [5.74, 6) is 0.784. The number of rotatable bonds is 4. The quantitative estimate of drug-likeness (QED) is 0.518. The molecule has 0 radical (unpaired) electrons. The number of aromatic nitrogens is 4. The number of thioether (sulfide) groups is 1. The maximum atomic E-state index is 13.6. The van der Waals surface area contributed by atoms with Crippen LogP contribution < -0.4 is 9.64 Å². The van der Waals surface area contributed by atoms with Crippen molar-refractivity contribution in [2.75, 3.05) is 44.0 Å². The number of hydrogen-bond acceptors (Lipinski definition) is 8. The lowest BCUT2D eigenvalue weighted by molar-refractivity contribution is -0.142. The lowest BCUT2D eigenvalue weighted by atomic mass is 10.1. The summed E-state index contributed by atoms with van der Waals surface area (Å²) in [6, 6.07) is 7.32. The van der Waals surface area contributed by atoms with Crippen LogP contribution in [0.15, 0.2) is 29.4 Å². The summed E-state index contributed by atoms with van der Waals surface area (Å²) in [4.78, 5) is 39.1. The normalized spacial score (nSPS) is 18.0. The van der Waals surface area contributed by atoms with Crippen LogP contribution in [0.4, 0.5) is 5.69 Å². The molecule has 1 atom stereocenters. The number of anilines is 1. The molecule has 1 fully saturated rings. The highest BCUT2D eigenvalue weighted by atomic mass is 32.2. The van der Waals surface area contributed by atoms with Crippen LogP contribution >= 0.6 is 11.8 Å². The van der Waals surface area contributed by atoms with Crippen molar-refractivity contribution in [2.24, 2.45) is 0 Å². The van der Waals surface area contributed by atoms with E-state index < -0.39 is 6.10 Å². The number of ether oxygens (including phenoxy) is 2. The summed E-state index contributed by atoms with van der Waals surface area (Å²) < 4.78 is 13.1. The summed E-state index contributed by atoms with van der Waals surface area (Å²) >= 11 is 1.44. The molecule has 0 spiro atoms. The van der Waals surface area contributed by atoms with Gasteiger partial charge in [0, 0.05) is 30.0 Å². The smallest absolute Gasteiger partial charge is 0.265 e. The number of fused-ring (bicyclic) bond motifs is 2. The molecule has 178 valence electrons. The number of nitrogens with zero attached hydrogens (tertiary/aromatic N) is 6. The second kappa shape index (κ2) is 9.22. The van der Waals surface area contributed by atoms with Gasteiger partial charge in [0.15, 0.2) is 6.10 Å². The number of morpholine rings is 1. The molecular weight excluding hydrogens is 456 g/mol. The van der Waals surface area contributed by atoms with Crippen molar-refractivity contribution >= 4 is 35.0 Å². The lowest BCUT2D eigenvalue weighted by Gasteiger charge is -2.37. The Kier molecular flexibility index (Phi) is 6.13. The standard InChI is InChI=1S/C23H26N6O4S/c1-14-16(15(2)29-22(24-14)25-23(26-29)34-3)12-20(30)28-13-19(21(31)27-8-10-32-11-9-27)33-18-7-5-4-6-17(18)28/h4-7,19H,8-13H2,1-3H3/t19-/m0/s1. The van der Waals surface area contributed by atoms with Crippen molar-refractivity contribution in [3.05, 3.63) is 41.2 Å². The first-order chi connectivity index (χ1) is 16.5. The number of carbonyl (C=O) groups excluding carboxylic acids is 2. The minimum Gasteiger partial charge on any atom is -0.476 e. The molecule has 1 aromatic carbocycles. The Hall–Kier alpha value is -3.18. The summed E-state index contributed by atoms with van der Waals surface area (Å²) in [5.41, 5.74) is 3.02. The number of carbonyl (C=O) groups is 2. The van der Waals surface area contributed by atoms with Crippen molar-refractivity contribution in [3.63, 3.8) is 0 Å². The van der Waals surface area contributed by atoms with E-state index in [2.05, 4.69) is 15.1 Å². The van der Waals surface area contributed by atoms with Crippen molar-refractivity contribution in [3.8, 4) is 5.75 Å². The van der Waals surface area contributed by atoms with Gasteiger partial charge in [-0.3, -0.25) is 9.59 Å². The van der Waals surface area contributed by atoms with Gasteiger partial charge in [-0.2, -0.15) is 4.98 Å². The minimum atomic E-state index is -0.765. The summed E-state index contributed by atoms with van der Waals surface area (Å²) in [6.07, 6.45) is 1.27. The molecule has 10 nitrogen and oxygen atoms in total. The molecule has 34 heavy (non-hydrogen) atoms. The minimum absolute atomic E-state index is 0.127. The average Bonchev–Trinajstić information content (AvgIpc) is 3.29. The first kappa shape index (κ1) is 22.6. The van der Waals surface area contributed by atoms with E-state index in [1.807, 2.05) is 38.3 Å². The number of hydrogen-bond donors (Lipinski definition) is 0. The molecule has 2 amide bonds. The topological polar surface area (TPSA) is 102 Å². The zero-order valence-corrected chi connectivity index (χ0v) is 20.2. The van der Waals surface area contributed by atoms with Crippen LogP contribution in [-0.2, 0) is 20.7 Å². The van der Waals surface area contributed by atoms with Crippen molar-refractivity contribution in [2.45, 2.75) is 31.5 Å². The molecule has 0 unspecified atom stereocenters. The fourth-order valence-corrected chi connectivity index (χ4v) is 4.70. The first-order valence-corrected chi connectivity index (χ1v) is 12.4. The molecule has 2 aromatic heterocycles. The molecule has 1 saturated heterocycles. The van der Waals surface area contributed by atoms with Crippen LogP contribution in [0.1, 0.15) is 17.0 Å². The van der Waals surface area contributed by atoms with Gasteiger partial charge in [0.05, 0.1) is 31.9 Å². The highest BCUT2D eigenvalue weighted by Gasteiger charge is 2.36. The third-order valence-corrected chi connectivity index (χ3v) is 6.75. The van der Waals surface area contributed by atoms with E-state index in [1.54, 1.807) is 20.4 Å². The fraction of sp³-hybridized carbons (Fsp3) is 0.435. The Morgan fingerprint density at radius 2 is 1.91 bits per heavy atom. The van der Waals surface area contributed by atoms with Gasteiger partial charge in [-0.25, -0.2) is 9.50 Å². The Labute approximate surface area is 201 Å². The predicted molar refractivity (Wildman–Crippen MR) is 126 cm³/mol. The van der Waals surface area contributed by atoms with Crippen molar-refractivity contribution in [1.29, 1.82) is 0 Å². The molecule has 2 aliphatic rings. The fourth-order valence-electron chi connectivity index (χ4n) is 4.37. The zero-order chi connectivity index (χ0) is 23.8. The van der Waals surface area contributed by atoms with Crippen LogP contribution in [0.5, 0.6) is 5.75 Å². The largest absolute Gasteiger partial charge is 0.476 e. The maximum Gasteiger partial charge on any atom is 0.265 e. The molecule has 5 rings (SSSR count). The predicted octanol–water partition coefficient (Wildman–Crippen LogP) is 1.66. The second-order valence-electron chi connectivity index (χ2n) is 8.26. The van der Waals surface area contributed by atoms with Gasteiger partial charge in [0.25, 0.3) is 11.7 Å². The number of para-hydroxylation sites is 2. The molecule has 11 heteroatoms. The third-order valence-electron chi connectivity index (χ3n) is 6.21. The maximum absolute atomic E-state index is 13.6. The van der Waals surface area contributed by atoms with E-state index in [1.165, 1.54) is 11.8 Å². The van der Waals surface area contributed by atoms with E-state index >= 15 is 0 Å². The highest BCUT2D eigenvalue weighted by molar-refractivity contribution is 7.98. The van der Waals surface area contributed by atoms with E-state index in [0.717, 1.165) is 17.0 Å². The molecular formula is C23H26N6O4S. The van der Waals surface area contributed by atoms with Gasteiger partial charge in [-0.15, -0.1) is 5.10 Å². The molecule has 0 aliphatic carbocycles. The monoisotopic (exact) mass is 482 g/mol. The highest BCUT2D eigenvalue weighted by Crippen LogP contribution is 2.34. The average molecular weight is 483 g/mol.